The van der Waals surface area contributed by atoms with Gasteiger partial charge in [-0.25, -0.2) is 0 Å². The predicted molar refractivity (Wildman–Crippen MR) is 92.9 cm³/mol. The van der Waals surface area contributed by atoms with Crippen molar-refractivity contribution >= 4 is 23.4 Å². The third-order valence-corrected chi connectivity index (χ3v) is 3.88. The zero-order chi connectivity index (χ0) is 15.8. The summed E-state index contributed by atoms with van der Waals surface area (Å²) in [6, 6.07) is 14.9. The minimum atomic E-state index is -0.126. The maximum absolute atomic E-state index is 12.3. The van der Waals surface area contributed by atoms with Gasteiger partial charge in [-0.15, -0.1) is 11.8 Å². The molecule has 0 fully saturated rings. The maximum atomic E-state index is 12.3. The molecule has 2 rings (SSSR count). The average Bonchev–Trinajstić information content (AvgIpc) is 2.55. The largest absolute Gasteiger partial charge is 0.490 e. The molecule has 0 unspecified atom stereocenters. The molecular formula is C18H19NO2S. The van der Waals surface area contributed by atoms with Crippen LogP contribution < -0.4 is 10.1 Å². The number of ether oxygens (including phenoxy) is 1. The van der Waals surface area contributed by atoms with E-state index in [-0.39, 0.29) is 5.91 Å². The molecule has 0 radical (unpaired) electrons. The number of carbonyl (C=O) groups excluding carboxylic acids is 1. The van der Waals surface area contributed by atoms with E-state index in [1.54, 1.807) is 42.1 Å². The molecule has 0 aliphatic heterocycles. The lowest BCUT2D eigenvalue weighted by Gasteiger charge is -2.10. The highest BCUT2D eigenvalue weighted by Gasteiger charge is 2.09. The molecule has 0 heterocycles. The number of thioether (sulfide) groups is 1. The fraction of sp³-hybridized carbons (Fsp3) is 0.167. The van der Waals surface area contributed by atoms with Crippen LogP contribution in [0.3, 0.4) is 0 Å². The lowest BCUT2D eigenvalue weighted by molar-refractivity contribution is 0.102. The van der Waals surface area contributed by atoms with Gasteiger partial charge in [-0.1, -0.05) is 31.7 Å². The Morgan fingerprint density at radius 3 is 2.64 bits per heavy atom. The Morgan fingerprint density at radius 1 is 1.23 bits per heavy atom. The van der Waals surface area contributed by atoms with Gasteiger partial charge in [0.2, 0.25) is 0 Å². The Morgan fingerprint density at radius 2 is 1.95 bits per heavy atom. The van der Waals surface area contributed by atoms with Crippen molar-refractivity contribution in [1.82, 2.24) is 0 Å². The van der Waals surface area contributed by atoms with E-state index in [1.165, 1.54) is 0 Å². The molecule has 0 saturated heterocycles. The van der Waals surface area contributed by atoms with Crippen LogP contribution in [0, 0.1) is 0 Å². The van der Waals surface area contributed by atoms with Crippen LogP contribution >= 0.6 is 11.8 Å². The van der Waals surface area contributed by atoms with Crippen molar-refractivity contribution in [1.29, 1.82) is 0 Å². The fourth-order valence-electron chi connectivity index (χ4n) is 1.90. The Labute approximate surface area is 135 Å². The first-order chi connectivity index (χ1) is 10.7. The highest BCUT2D eigenvalue weighted by molar-refractivity contribution is 7.99. The maximum Gasteiger partial charge on any atom is 0.255 e. The van der Waals surface area contributed by atoms with E-state index in [0.717, 1.165) is 22.1 Å². The molecule has 2 aromatic rings. The fourth-order valence-corrected chi connectivity index (χ4v) is 2.66. The normalized spacial score (nSPS) is 10.0. The number of carbonyl (C=O) groups is 1. The monoisotopic (exact) mass is 313 g/mol. The van der Waals surface area contributed by atoms with Crippen LogP contribution in [0.25, 0.3) is 0 Å². The summed E-state index contributed by atoms with van der Waals surface area (Å²) in [5, 5.41) is 2.96. The number of nitrogens with one attached hydrogen (secondary N) is 1. The van der Waals surface area contributed by atoms with E-state index >= 15 is 0 Å². The van der Waals surface area contributed by atoms with Gasteiger partial charge in [0.25, 0.3) is 5.91 Å². The van der Waals surface area contributed by atoms with E-state index in [4.69, 9.17) is 4.74 Å². The summed E-state index contributed by atoms with van der Waals surface area (Å²) < 4.78 is 5.41. The lowest BCUT2D eigenvalue weighted by atomic mass is 10.2. The Balaban J connectivity index is 2.07. The van der Waals surface area contributed by atoms with Gasteiger partial charge in [0.15, 0.2) is 0 Å². The van der Waals surface area contributed by atoms with Gasteiger partial charge in [-0.3, -0.25) is 4.79 Å². The van der Waals surface area contributed by atoms with Gasteiger partial charge in [0, 0.05) is 10.5 Å². The summed E-state index contributed by atoms with van der Waals surface area (Å²) in [4.78, 5) is 13.4. The Hall–Kier alpha value is -2.20. The van der Waals surface area contributed by atoms with Crippen LogP contribution in [0.4, 0.5) is 5.69 Å². The first-order valence-corrected chi connectivity index (χ1v) is 8.10. The number of hydrogen-bond donors (Lipinski definition) is 1. The SMILES string of the molecule is C=CCOc1ccc(C(=O)Nc2ccccc2SCC)cc1. The van der Waals surface area contributed by atoms with Crippen molar-refractivity contribution in [3.63, 3.8) is 0 Å². The molecule has 3 nitrogen and oxygen atoms in total. The van der Waals surface area contributed by atoms with Crippen LogP contribution in [0.15, 0.2) is 66.1 Å². The molecule has 0 aliphatic carbocycles. The standard InChI is InChI=1S/C18H19NO2S/c1-3-13-21-15-11-9-14(10-12-15)18(20)19-16-7-5-6-8-17(16)22-4-2/h3,5-12H,1,4,13H2,2H3,(H,19,20). The topological polar surface area (TPSA) is 38.3 Å². The van der Waals surface area contributed by atoms with Gasteiger partial charge in [0.05, 0.1) is 5.69 Å². The summed E-state index contributed by atoms with van der Waals surface area (Å²) in [6.07, 6.45) is 1.68. The smallest absolute Gasteiger partial charge is 0.255 e. The van der Waals surface area contributed by atoms with Crippen LogP contribution in [-0.2, 0) is 0 Å². The third-order valence-electron chi connectivity index (χ3n) is 2.92. The Bertz CT molecular complexity index is 638. The van der Waals surface area contributed by atoms with E-state index in [2.05, 4.69) is 18.8 Å². The van der Waals surface area contributed by atoms with Gasteiger partial charge in [0.1, 0.15) is 12.4 Å². The van der Waals surface area contributed by atoms with Crippen LogP contribution in [-0.4, -0.2) is 18.3 Å². The van der Waals surface area contributed by atoms with Gasteiger partial charge in [-0.05, 0) is 42.2 Å². The molecule has 1 N–H and O–H groups in total. The molecule has 0 aliphatic rings. The van der Waals surface area contributed by atoms with Gasteiger partial charge in [-0.2, -0.15) is 0 Å². The summed E-state index contributed by atoms with van der Waals surface area (Å²) in [5.41, 5.74) is 1.44. The molecule has 4 heteroatoms. The second-order valence-corrected chi connectivity index (χ2v) is 5.81. The molecule has 0 spiro atoms. The number of hydrogen-bond acceptors (Lipinski definition) is 3. The lowest BCUT2D eigenvalue weighted by Crippen LogP contribution is -2.12. The van der Waals surface area contributed by atoms with Crippen molar-refractivity contribution in [2.75, 3.05) is 17.7 Å². The predicted octanol–water partition coefficient (Wildman–Crippen LogP) is 4.62. The second-order valence-electron chi connectivity index (χ2n) is 4.51. The van der Waals surface area contributed by atoms with Crippen LogP contribution in [0.2, 0.25) is 0 Å². The number of para-hydroxylation sites is 1. The van der Waals surface area contributed by atoms with Crippen molar-refractivity contribution in [2.45, 2.75) is 11.8 Å². The van der Waals surface area contributed by atoms with Gasteiger partial charge >= 0.3 is 0 Å². The zero-order valence-electron chi connectivity index (χ0n) is 12.5. The minimum absolute atomic E-state index is 0.126. The Kier molecular flexibility index (Phi) is 6.10. The summed E-state index contributed by atoms with van der Waals surface area (Å²) in [6.45, 7) is 6.14. The number of anilines is 1. The van der Waals surface area contributed by atoms with E-state index < -0.39 is 0 Å². The average molecular weight is 313 g/mol. The molecular weight excluding hydrogens is 294 g/mol. The quantitative estimate of drug-likeness (QED) is 0.599. The summed E-state index contributed by atoms with van der Waals surface area (Å²) in [5.74, 6) is 1.56. The number of amides is 1. The molecule has 1 amide bonds. The number of rotatable bonds is 7. The van der Waals surface area contributed by atoms with Crippen molar-refractivity contribution < 1.29 is 9.53 Å². The molecule has 22 heavy (non-hydrogen) atoms. The third kappa shape index (κ3) is 4.40. The number of benzene rings is 2. The molecule has 2 aromatic carbocycles. The van der Waals surface area contributed by atoms with Crippen molar-refractivity contribution in [2.24, 2.45) is 0 Å². The van der Waals surface area contributed by atoms with E-state index in [1.807, 2.05) is 24.3 Å². The van der Waals surface area contributed by atoms with E-state index in [9.17, 15) is 4.79 Å². The summed E-state index contributed by atoms with van der Waals surface area (Å²) >= 11 is 1.71. The van der Waals surface area contributed by atoms with Crippen molar-refractivity contribution in [3.8, 4) is 5.75 Å². The van der Waals surface area contributed by atoms with Crippen LogP contribution in [0.5, 0.6) is 5.75 Å². The van der Waals surface area contributed by atoms with Crippen molar-refractivity contribution in [3.05, 3.63) is 66.7 Å². The zero-order valence-corrected chi connectivity index (χ0v) is 13.4. The molecule has 0 saturated carbocycles. The van der Waals surface area contributed by atoms with E-state index in [0.29, 0.717) is 12.2 Å². The first kappa shape index (κ1) is 16.2. The molecule has 0 atom stereocenters. The molecule has 0 bridgehead atoms. The second kappa shape index (κ2) is 8.29. The minimum Gasteiger partial charge on any atom is -0.490 e. The highest BCUT2D eigenvalue weighted by Crippen LogP contribution is 2.27. The molecule has 114 valence electrons. The first-order valence-electron chi connectivity index (χ1n) is 7.11. The van der Waals surface area contributed by atoms with Crippen LogP contribution in [0.1, 0.15) is 17.3 Å². The van der Waals surface area contributed by atoms with Gasteiger partial charge < -0.3 is 10.1 Å². The highest BCUT2D eigenvalue weighted by atomic mass is 32.2. The summed E-state index contributed by atoms with van der Waals surface area (Å²) in [7, 11) is 0. The molecule has 0 aromatic heterocycles.